The molecule has 0 bridgehead atoms. The van der Waals surface area contributed by atoms with Gasteiger partial charge >= 0.3 is 6.09 Å². The zero-order valence-electron chi connectivity index (χ0n) is 18.3. The van der Waals surface area contributed by atoms with Crippen LogP contribution in [-0.4, -0.2) is 69.1 Å². The Morgan fingerprint density at radius 2 is 2.03 bits per heavy atom. The van der Waals surface area contributed by atoms with Crippen LogP contribution in [0.4, 0.5) is 4.79 Å². The van der Waals surface area contributed by atoms with Gasteiger partial charge in [0.15, 0.2) is 5.96 Å². The first-order valence-corrected chi connectivity index (χ1v) is 11.2. The van der Waals surface area contributed by atoms with Crippen molar-refractivity contribution < 1.29 is 14.3 Å². The molecule has 0 radical (unpaired) electrons. The number of carbonyl (C=O) groups excluding carboxylic acids is 1. The number of amides is 1. The van der Waals surface area contributed by atoms with E-state index in [9.17, 15) is 4.79 Å². The molecule has 1 amide bonds. The van der Waals surface area contributed by atoms with Gasteiger partial charge in [0.1, 0.15) is 5.75 Å². The molecule has 1 atom stereocenters. The topological polar surface area (TPSA) is 75.2 Å². The van der Waals surface area contributed by atoms with Crippen molar-refractivity contribution in [2.75, 3.05) is 46.2 Å². The molecule has 0 aliphatic carbocycles. The Morgan fingerprint density at radius 1 is 1.33 bits per heavy atom. The molecule has 2 rings (SSSR count). The maximum Gasteiger partial charge on any atom is 0.409 e. The minimum absolute atomic E-state index is 0. The van der Waals surface area contributed by atoms with E-state index in [0.717, 1.165) is 41.7 Å². The van der Waals surface area contributed by atoms with Crippen molar-refractivity contribution in [3.63, 3.8) is 0 Å². The van der Waals surface area contributed by atoms with Crippen LogP contribution in [0.3, 0.4) is 0 Å². The molecule has 7 nitrogen and oxygen atoms in total. The number of guanidine groups is 1. The summed E-state index contributed by atoms with van der Waals surface area (Å²) in [6, 6.07) is 8.41. The lowest BCUT2D eigenvalue weighted by molar-refractivity contribution is 0.0963. The number of ether oxygens (including phenoxy) is 2. The van der Waals surface area contributed by atoms with Crippen molar-refractivity contribution in [1.82, 2.24) is 15.5 Å². The summed E-state index contributed by atoms with van der Waals surface area (Å²) in [6.45, 7) is 6.72. The second-order valence-electron chi connectivity index (χ2n) is 7.12. The number of hydrogen-bond acceptors (Lipinski definition) is 5. The van der Waals surface area contributed by atoms with Gasteiger partial charge in [-0.15, -0.1) is 35.7 Å². The summed E-state index contributed by atoms with van der Waals surface area (Å²) in [6.07, 6.45) is 1.56. The Kier molecular flexibility index (Phi) is 13.0. The number of nitrogens with zero attached hydrogens (tertiary/aromatic N) is 2. The van der Waals surface area contributed by atoms with E-state index >= 15 is 0 Å². The standard InChI is InChI=1S/C21H34N4O3S.HI/c1-5-28-21(26)25-12-10-17(11-13-25)24-20(22-3)23-14-16(2)15-29-19-9-7-6-8-18(19)27-4;/h6-9,16-17H,5,10-15H2,1-4H3,(H2,22,23,24);1H. The predicted octanol–water partition coefficient (Wildman–Crippen LogP) is 3.83. The van der Waals surface area contributed by atoms with Gasteiger partial charge in [-0.3, -0.25) is 4.99 Å². The molecule has 1 unspecified atom stereocenters. The fraction of sp³-hybridized carbons (Fsp3) is 0.619. The lowest BCUT2D eigenvalue weighted by Crippen LogP contribution is -2.50. The summed E-state index contributed by atoms with van der Waals surface area (Å²) in [4.78, 5) is 19.1. The molecule has 1 fully saturated rings. The Labute approximate surface area is 201 Å². The summed E-state index contributed by atoms with van der Waals surface area (Å²) < 4.78 is 10.5. The fourth-order valence-electron chi connectivity index (χ4n) is 3.11. The van der Waals surface area contributed by atoms with Crippen molar-refractivity contribution in [3.05, 3.63) is 24.3 Å². The molecule has 1 aliphatic rings. The smallest absolute Gasteiger partial charge is 0.409 e. The number of methoxy groups -OCH3 is 1. The lowest BCUT2D eigenvalue weighted by Gasteiger charge is -2.32. The third-order valence-corrected chi connectivity index (χ3v) is 6.18. The highest BCUT2D eigenvalue weighted by Gasteiger charge is 2.24. The molecule has 0 aromatic heterocycles. The SMILES string of the molecule is CCOC(=O)N1CCC(NC(=NC)NCC(C)CSc2ccccc2OC)CC1.I. The Balaban J connectivity index is 0.00000450. The van der Waals surface area contributed by atoms with E-state index in [1.807, 2.05) is 25.1 Å². The first-order valence-electron chi connectivity index (χ1n) is 10.2. The molecule has 30 heavy (non-hydrogen) atoms. The molecule has 1 aliphatic heterocycles. The van der Waals surface area contributed by atoms with Gasteiger partial charge in [-0.05, 0) is 37.8 Å². The number of aliphatic imine (C=N–C) groups is 1. The van der Waals surface area contributed by atoms with Crippen LogP contribution in [0.25, 0.3) is 0 Å². The van der Waals surface area contributed by atoms with Gasteiger partial charge in [-0.25, -0.2) is 4.79 Å². The van der Waals surface area contributed by atoms with E-state index < -0.39 is 0 Å². The maximum absolute atomic E-state index is 11.8. The average Bonchev–Trinajstić information content (AvgIpc) is 2.75. The van der Waals surface area contributed by atoms with Crippen LogP contribution in [0.1, 0.15) is 26.7 Å². The van der Waals surface area contributed by atoms with E-state index in [1.54, 1.807) is 30.8 Å². The summed E-state index contributed by atoms with van der Waals surface area (Å²) >= 11 is 1.81. The van der Waals surface area contributed by atoms with Crippen LogP contribution < -0.4 is 15.4 Å². The van der Waals surface area contributed by atoms with Crippen LogP contribution in [-0.2, 0) is 4.74 Å². The molecule has 0 saturated carbocycles. The second-order valence-corrected chi connectivity index (χ2v) is 8.19. The minimum atomic E-state index is -0.213. The second kappa shape index (κ2) is 14.6. The van der Waals surface area contributed by atoms with Crippen LogP contribution in [0.15, 0.2) is 34.2 Å². The van der Waals surface area contributed by atoms with Crippen molar-refractivity contribution >= 4 is 47.8 Å². The van der Waals surface area contributed by atoms with E-state index in [-0.39, 0.29) is 30.1 Å². The van der Waals surface area contributed by atoms with Gasteiger partial charge in [0.2, 0.25) is 0 Å². The van der Waals surface area contributed by atoms with Gasteiger partial charge in [0.25, 0.3) is 0 Å². The number of thioether (sulfide) groups is 1. The third kappa shape index (κ3) is 8.79. The Morgan fingerprint density at radius 3 is 2.67 bits per heavy atom. The Bertz CT molecular complexity index is 669. The number of likely N-dealkylation sites (tertiary alicyclic amines) is 1. The number of benzene rings is 1. The van der Waals surface area contributed by atoms with E-state index in [1.165, 1.54) is 0 Å². The zero-order valence-corrected chi connectivity index (χ0v) is 21.5. The molecule has 1 aromatic rings. The molecular weight excluding hydrogens is 515 g/mol. The maximum atomic E-state index is 11.8. The van der Waals surface area contributed by atoms with E-state index in [2.05, 4.69) is 28.6 Å². The van der Waals surface area contributed by atoms with Crippen LogP contribution in [0.2, 0.25) is 0 Å². The molecule has 1 heterocycles. The van der Waals surface area contributed by atoms with Crippen LogP contribution >= 0.6 is 35.7 Å². The molecule has 9 heteroatoms. The molecular formula is C21H35IN4O3S. The third-order valence-electron chi connectivity index (χ3n) is 4.80. The van der Waals surface area contributed by atoms with Crippen LogP contribution in [0, 0.1) is 5.92 Å². The summed E-state index contributed by atoms with van der Waals surface area (Å²) in [5.74, 6) is 3.19. The highest BCUT2D eigenvalue weighted by atomic mass is 127. The highest BCUT2D eigenvalue weighted by molar-refractivity contribution is 14.0. The van der Waals surface area contributed by atoms with Gasteiger partial charge in [0.05, 0.1) is 13.7 Å². The average molecular weight is 551 g/mol. The summed E-state index contributed by atoms with van der Waals surface area (Å²) in [7, 11) is 3.49. The Hall–Kier alpha value is -1.36. The first-order chi connectivity index (χ1) is 14.1. The zero-order chi connectivity index (χ0) is 21.1. The molecule has 0 spiro atoms. The number of nitrogens with one attached hydrogen (secondary N) is 2. The molecule has 2 N–H and O–H groups in total. The lowest BCUT2D eigenvalue weighted by atomic mass is 10.1. The van der Waals surface area contributed by atoms with Crippen LogP contribution in [0.5, 0.6) is 5.75 Å². The quantitative estimate of drug-likeness (QED) is 0.222. The van der Waals surface area contributed by atoms with Crippen molar-refractivity contribution in [1.29, 1.82) is 0 Å². The van der Waals surface area contributed by atoms with Gasteiger partial charge in [-0.1, -0.05) is 19.1 Å². The molecule has 1 saturated heterocycles. The molecule has 170 valence electrons. The monoisotopic (exact) mass is 550 g/mol. The largest absolute Gasteiger partial charge is 0.496 e. The minimum Gasteiger partial charge on any atom is -0.496 e. The highest BCUT2D eigenvalue weighted by Crippen LogP contribution is 2.29. The van der Waals surface area contributed by atoms with Gasteiger partial charge in [0, 0.05) is 43.4 Å². The normalized spacial score (nSPS) is 15.7. The predicted molar refractivity (Wildman–Crippen MR) is 134 cm³/mol. The van der Waals surface area contributed by atoms with E-state index in [0.29, 0.717) is 31.7 Å². The van der Waals surface area contributed by atoms with Gasteiger partial charge < -0.3 is 25.0 Å². The van der Waals surface area contributed by atoms with Crippen molar-refractivity contribution in [2.24, 2.45) is 10.9 Å². The number of halogens is 1. The van der Waals surface area contributed by atoms with Crippen molar-refractivity contribution in [2.45, 2.75) is 37.6 Å². The number of para-hydroxylation sites is 1. The first kappa shape index (κ1) is 26.7. The number of hydrogen-bond donors (Lipinski definition) is 2. The number of piperidine rings is 1. The van der Waals surface area contributed by atoms with Gasteiger partial charge in [-0.2, -0.15) is 0 Å². The molecule has 1 aromatic carbocycles. The number of rotatable bonds is 8. The summed E-state index contributed by atoms with van der Waals surface area (Å²) in [5, 5.41) is 6.90. The summed E-state index contributed by atoms with van der Waals surface area (Å²) in [5.41, 5.74) is 0. The fourth-order valence-corrected chi connectivity index (χ4v) is 4.16. The van der Waals surface area contributed by atoms with Crippen molar-refractivity contribution in [3.8, 4) is 5.75 Å². The van der Waals surface area contributed by atoms with E-state index in [4.69, 9.17) is 9.47 Å². The number of carbonyl (C=O) groups is 1.